The van der Waals surface area contributed by atoms with Crippen molar-refractivity contribution in [2.24, 2.45) is 0 Å². The van der Waals surface area contributed by atoms with Gasteiger partial charge in [-0.25, -0.2) is 0 Å². The van der Waals surface area contributed by atoms with E-state index in [2.05, 4.69) is 0 Å². The number of halogens is 2. The zero-order chi connectivity index (χ0) is 9.78. The Balaban J connectivity index is 0.000000174. The second-order valence-corrected chi connectivity index (χ2v) is 5.29. The first-order valence-electron chi connectivity index (χ1n) is 4.53. The fraction of sp³-hybridized carbons (Fsp3) is 1.00. The summed E-state index contributed by atoms with van der Waals surface area (Å²) in [5.74, 6) is 0. The van der Waals surface area contributed by atoms with E-state index in [1.165, 1.54) is 25.7 Å². The minimum absolute atomic E-state index is 0.556. The molecule has 0 N–H and O–H groups in total. The van der Waals surface area contributed by atoms with Gasteiger partial charge in [0, 0.05) is 26.4 Å². The van der Waals surface area contributed by atoms with Crippen LogP contribution < -0.4 is 0 Å². The van der Waals surface area contributed by atoms with E-state index in [1.54, 1.807) is 0 Å². The monoisotopic (exact) mass is 262 g/mol. The summed E-state index contributed by atoms with van der Waals surface area (Å²) in [5.41, 5.74) is 0. The summed E-state index contributed by atoms with van der Waals surface area (Å²) in [6.07, 6.45) is 5.11. The van der Waals surface area contributed by atoms with Crippen LogP contribution in [0, 0.1) is 0 Å². The fourth-order valence-corrected chi connectivity index (χ4v) is 1.02. The van der Waals surface area contributed by atoms with E-state index in [9.17, 15) is 0 Å². The molecule has 0 aromatic rings. The molecule has 0 radical (unpaired) electrons. The molecule has 0 spiro atoms. The molecule has 0 saturated carbocycles. The first kappa shape index (κ1) is 14.2. The third-order valence-corrected chi connectivity index (χ3v) is 1.65. The number of hydrogen-bond donors (Lipinski definition) is 0. The summed E-state index contributed by atoms with van der Waals surface area (Å²) in [4.78, 5) is 0. The quantitative estimate of drug-likeness (QED) is 0.625. The molecule has 2 fully saturated rings. The van der Waals surface area contributed by atoms with E-state index >= 15 is 0 Å². The molecule has 0 bridgehead atoms. The molecule has 0 unspecified atom stereocenters. The molecule has 0 aromatic carbocycles. The predicted octanol–water partition coefficient (Wildman–Crippen LogP) is 2.97. The Bertz CT molecular complexity index is 63.0. The van der Waals surface area contributed by atoms with Gasteiger partial charge in [0.2, 0.25) is 0 Å². The van der Waals surface area contributed by atoms with Gasteiger partial charge in [0.1, 0.15) is 0 Å². The Kier molecular flexibility index (Phi) is 14.4. The Morgan fingerprint density at radius 3 is 1.00 bits per heavy atom. The molecule has 0 amide bonds. The normalized spacial score (nSPS) is 19.5. The van der Waals surface area contributed by atoms with Crippen LogP contribution in [0.3, 0.4) is 0 Å². The first-order valence-corrected chi connectivity index (χ1v) is 8.83. The van der Waals surface area contributed by atoms with Crippen molar-refractivity contribution in [2.45, 2.75) is 25.7 Å². The van der Waals surface area contributed by atoms with Crippen LogP contribution >= 0.6 is 18.6 Å². The molecule has 0 aromatic heterocycles. The van der Waals surface area contributed by atoms with Crippen LogP contribution in [-0.4, -0.2) is 26.4 Å². The summed E-state index contributed by atoms with van der Waals surface area (Å²) in [6.45, 7) is 4.00. The Morgan fingerprint density at radius 2 is 0.923 bits per heavy atom. The van der Waals surface area contributed by atoms with E-state index in [1.807, 2.05) is 0 Å². The first-order chi connectivity index (χ1) is 6.41. The SMILES string of the molecule is C1CCOC1.C1CCOC1.[Cl][Ti][Cl]. The Hall–Kier alpha value is 1.21. The van der Waals surface area contributed by atoms with Crippen LogP contribution in [0.25, 0.3) is 0 Å². The average molecular weight is 263 g/mol. The molecule has 5 heteroatoms. The molecule has 2 rings (SSSR count). The van der Waals surface area contributed by atoms with Gasteiger partial charge in [-0.05, 0) is 25.7 Å². The summed E-state index contributed by atoms with van der Waals surface area (Å²) in [7, 11) is 9.78. The van der Waals surface area contributed by atoms with Crippen LogP contribution in [0.1, 0.15) is 25.7 Å². The fourth-order valence-electron chi connectivity index (χ4n) is 1.02. The average Bonchev–Trinajstić information content (AvgIpc) is 2.85. The third-order valence-electron chi connectivity index (χ3n) is 1.65. The van der Waals surface area contributed by atoms with E-state index in [-0.39, 0.29) is 0 Å². The zero-order valence-electron chi connectivity index (χ0n) is 7.73. The van der Waals surface area contributed by atoms with Crippen LogP contribution in [0.2, 0.25) is 0 Å². The number of ether oxygens (including phenoxy) is 2. The second kappa shape index (κ2) is 13.2. The Morgan fingerprint density at radius 1 is 0.692 bits per heavy atom. The molecule has 13 heavy (non-hydrogen) atoms. The maximum atomic E-state index is 4.94. The molecule has 2 aliphatic rings. The van der Waals surface area contributed by atoms with Crippen LogP contribution in [-0.2, 0) is 26.5 Å². The van der Waals surface area contributed by atoms with Crippen molar-refractivity contribution in [1.29, 1.82) is 0 Å². The summed E-state index contributed by atoms with van der Waals surface area (Å²) < 4.78 is 9.89. The summed E-state index contributed by atoms with van der Waals surface area (Å²) in [6, 6.07) is 0. The van der Waals surface area contributed by atoms with Crippen molar-refractivity contribution in [3.63, 3.8) is 0 Å². The van der Waals surface area contributed by atoms with Gasteiger partial charge in [0.15, 0.2) is 0 Å². The molecule has 0 aliphatic carbocycles. The predicted molar refractivity (Wildman–Crippen MR) is 51.8 cm³/mol. The van der Waals surface area contributed by atoms with Crippen LogP contribution in [0.5, 0.6) is 0 Å². The van der Waals surface area contributed by atoms with Gasteiger partial charge >= 0.3 is 35.6 Å². The van der Waals surface area contributed by atoms with Gasteiger partial charge < -0.3 is 9.47 Å². The van der Waals surface area contributed by atoms with E-state index in [0.717, 1.165) is 26.4 Å². The van der Waals surface area contributed by atoms with Gasteiger partial charge in [-0.3, -0.25) is 0 Å². The van der Waals surface area contributed by atoms with Crippen LogP contribution in [0.4, 0.5) is 0 Å². The number of rotatable bonds is 0. The van der Waals surface area contributed by atoms with Crippen molar-refractivity contribution in [3.05, 3.63) is 0 Å². The Labute approximate surface area is 96.9 Å². The summed E-state index contributed by atoms with van der Waals surface area (Å²) >= 11 is -0.556. The molecule has 0 atom stereocenters. The van der Waals surface area contributed by atoms with Gasteiger partial charge in [0.05, 0.1) is 0 Å². The maximum absolute atomic E-state index is 4.94. The molecule has 2 saturated heterocycles. The van der Waals surface area contributed by atoms with Crippen molar-refractivity contribution in [1.82, 2.24) is 0 Å². The second-order valence-electron chi connectivity index (χ2n) is 2.71. The third kappa shape index (κ3) is 13.2. The van der Waals surface area contributed by atoms with Crippen molar-refractivity contribution in [2.75, 3.05) is 26.4 Å². The van der Waals surface area contributed by atoms with Crippen molar-refractivity contribution in [3.8, 4) is 0 Å². The molecule has 2 nitrogen and oxygen atoms in total. The molecule has 2 aliphatic heterocycles. The topological polar surface area (TPSA) is 18.5 Å². The van der Waals surface area contributed by atoms with Crippen LogP contribution in [0.15, 0.2) is 0 Å². The van der Waals surface area contributed by atoms with E-state index in [4.69, 9.17) is 28.1 Å². The van der Waals surface area contributed by atoms with Crippen molar-refractivity contribution >= 4 is 18.6 Å². The molecule has 2 heterocycles. The molecular weight excluding hydrogens is 247 g/mol. The molecular formula is C8H16Cl2O2Ti. The van der Waals surface area contributed by atoms with E-state index < -0.39 is 17.0 Å². The van der Waals surface area contributed by atoms with E-state index in [0.29, 0.717) is 0 Å². The zero-order valence-corrected chi connectivity index (χ0v) is 10.8. The number of hydrogen-bond acceptors (Lipinski definition) is 2. The van der Waals surface area contributed by atoms with Gasteiger partial charge in [0.25, 0.3) is 0 Å². The van der Waals surface area contributed by atoms with Gasteiger partial charge in [-0.15, -0.1) is 0 Å². The minimum atomic E-state index is -0.556. The van der Waals surface area contributed by atoms with Gasteiger partial charge in [-0.2, -0.15) is 0 Å². The molecule has 78 valence electrons. The van der Waals surface area contributed by atoms with Gasteiger partial charge in [-0.1, -0.05) is 0 Å². The summed E-state index contributed by atoms with van der Waals surface area (Å²) in [5, 5.41) is 0. The van der Waals surface area contributed by atoms with Crippen molar-refractivity contribution < 1.29 is 26.5 Å². The standard InChI is InChI=1S/2C4H8O.2ClH.Ti/c2*1-2-4-5-3-1;;;/h2*1-4H2;2*1H;/q;;;;+2/p-2.